The van der Waals surface area contributed by atoms with Crippen LogP contribution in [0.1, 0.15) is 46.5 Å². The molecule has 0 radical (unpaired) electrons. The lowest BCUT2D eigenvalue weighted by Gasteiger charge is -2.33. The number of carboxylic acids is 1. The Morgan fingerprint density at radius 2 is 2.11 bits per heavy atom. The Balaban J connectivity index is 2.51. The fraction of sp³-hybridized carbons (Fsp3) is 0.857. The van der Waals surface area contributed by atoms with E-state index in [4.69, 9.17) is 0 Å². The number of aliphatic carboxylic acids is 1. The van der Waals surface area contributed by atoms with E-state index in [2.05, 4.69) is 19.2 Å². The van der Waals surface area contributed by atoms with Crippen LogP contribution in [0, 0.1) is 5.92 Å². The molecule has 1 aliphatic heterocycles. The predicted octanol–water partition coefficient (Wildman–Crippen LogP) is 1.48. The largest absolute Gasteiger partial charge is 0.480 e. The molecule has 1 atom stereocenters. The lowest BCUT2D eigenvalue weighted by atomic mass is 9.93. The summed E-state index contributed by atoms with van der Waals surface area (Å²) in [5.74, 6) is -0.315. The van der Waals surface area contributed by atoms with Gasteiger partial charge in [-0.2, -0.15) is 0 Å². The summed E-state index contributed by atoms with van der Waals surface area (Å²) in [4.78, 5) is 25.2. The molecule has 0 bridgehead atoms. The Bertz CT molecular complexity index is 331. The topological polar surface area (TPSA) is 69.6 Å². The van der Waals surface area contributed by atoms with Crippen LogP contribution in [-0.2, 0) is 9.59 Å². The quantitative estimate of drug-likeness (QED) is 0.735. The van der Waals surface area contributed by atoms with Crippen molar-refractivity contribution in [1.29, 1.82) is 0 Å². The van der Waals surface area contributed by atoms with Crippen molar-refractivity contribution in [2.75, 3.05) is 19.6 Å². The first kappa shape index (κ1) is 16.0. The third kappa shape index (κ3) is 3.93. The van der Waals surface area contributed by atoms with E-state index < -0.39 is 11.5 Å². The van der Waals surface area contributed by atoms with Crippen LogP contribution in [0.5, 0.6) is 0 Å². The molecular weight excluding hydrogens is 244 g/mol. The highest BCUT2D eigenvalue weighted by atomic mass is 16.4. The number of hydrogen-bond donors (Lipinski definition) is 2. The Morgan fingerprint density at radius 1 is 1.42 bits per heavy atom. The summed E-state index contributed by atoms with van der Waals surface area (Å²) in [5.41, 5.74) is -0.838. The number of carbonyl (C=O) groups excluding carboxylic acids is 1. The minimum Gasteiger partial charge on any atom is -0.480 e. The summed E-state index contributed by atoms with van der Waals surface area (Å²) >= 11 is 0. The second-order valence-corrected chi connectivity index (χ2v) is 5.75. The molecular formula is C14H26N2O3. The molecule has 0 aliphatic carbocycles. The first-order chi connectivity index (χ1) is 8.92. The monoisotopic (exact) mass is 270 g/mol. The van der Waals surface area contributed by atoms with Gasteiger partial charge in [-0.05, 0) is 38.1 Å². The van der Waals surface area contributed by atoms with Crippen LogP contribution in [0.3, 0.4) is 0 Å². The van der Waals surface area contributed by atoms with E-state index in [0.717, 1.165) is 12.8 Å². The van der Waals surface area contributed by atoms with Gasteiger partial charge in [-0.25, -0.2) is 0 Å². The van der Waals surface area contributed by atoms with Crippen LogP contribution < -0.4 is 5.32 Å². The molecule has 1 heterocycles. The molecule has 1 amide bonds. The number of carboxylic acid groups (broad SMARTS) is 1. The van der Waals surface area contributed by atoms with Gasteiger partial charge in [-0.3, -0.25) is 14.5 Å². The van der Waals surface area contributed by atoms with Crippen molar-refractivity contribution >= 4 is 11.9 Å². The fourth-order valence-corrected chi connectivity index (χ4v) is 2.69. The summed E-state index contributed by atoms with van der Waals surface area (Å²) in [7, 11) is 0. The molecule has 5 nitrogen and oxygen atoms in total. The molecule has 0 aromatic heterocycles. The van der Waals surface area contributed by atoms with Crippen molar-refractivity contribution in [2.45, 2.75) is 52.0 Å². The summed E-state index contributed by atoms with van der Waals surface area (Å²) < 4.78 is 0. The van der Waals surface area contributed by atoms with Crippen molar-refractivity contribution in [1.82, 2.24) is 10.2 Å². The molecule has 2 N–H and O–H groups in total. The maximum Gasteiger partial charge on any atom is 0.324 e. The van der Waals surface area contributed by atoms with Crippen molar-refractivity contribution in [3.8, 4) is 0 Å². The maximum absolute atomic E-state index is 11.9. The molecule has 19 heavy (non-hydrogen) atoms. The van der Waals surface area contributed by atoms with E-state index >= 15 is 0 Å². The zero-order valence-corrected chi connectivity index (χ0v) is 12.2. The van der Waals surface area contributed by atoms with Crippen LogP contribution in [0.2, 0.25) is 0 Å². The van der Waals surface area contributed by atoms with Gasteiger partial charge in [0.15, 0.2) is 0 Å². The van der Waals surface area contributed by atoms with Crippen LogP contribution in [0.15, 0.2) is 0 Å². The summed E-state index contributed by atoms with van der Waals surface area (Å²) in [6.07, 6.45) is 2.97. The van der Waals surface area contributed by atoms with Gasteiger partial charge < -0.3 is 10.4 Å². The lowest BCUT2D eigenvalue weighted by molar-refractivity contribution is -0.150. The molecule has 0 aromatic carbocycles. The average molecular weight is 270 g/mol. The number of amides is 1. The Labute approximate surface area is 115 Å². The zero-order valence-electron chi connectivity index (χ0n) is 12.2. The van der Waals surface area contributed by atoms with Gasteiger partial charge >= 0.3 is 5.97 Å². The number of rotatable bonds is 7. The summed E-state index contributed by atoms with van der Waals surface area (Å²) in [6.45, 7) is 7.65. The van der Waals surface area contributed by atoms with Crippen LogP contribution in [-0.4, -0.2) is 47.1 Å². The smallest absolute Gasteiger partial charge is 0.324 e. The molecule has 1 aliphatic rings. The van der Waals surface area contributed by atoms with Gasteiger partial charge in [0.05, 0.1) is 6.54 Å². The van der Waals surface area contributed by atoms with Crippen molar-refractivity contribution in [2.24, 2.45) is 5.92 Å². The average Bonchev–Trinajstić information content (AvgIpc) is 2.72. The van der Waals surface area contributed by atoms with Crippen LogP contribution in [0.25, 0.3) is 0 Å². The molecule has 110 valence electrons. The van der Waals surface area contributed by atoms with Gasteiger partial charge in [-0.15, -0.1) is 0 Å². The normalized spacial score (nSPS) is 23.8. The molecule has 0 aromatic rings. The Kier molecular flexibility index (Phi) is 5.79. The predicted molar refractivity (Wildman–Crippen MR) is 73.9 cm³/mol. The van der Waals surface area contributed by atoms with Gasteiger partial charge in [0, 0.05) is 6.54 Å². The van der Waals surface area contributed by atoms with E-state index in [1.807, 2.05) is 11.8 Å². The standard InChI is InChI=1S/C14H26N2O3/c1-4-14(13(18)19)7-5-9-16(14)10-12(17)15-8-6-11(2)3/h11H,4-10H2,1-3H3,(H,15,17)(H,18,19). The van der Waals surface area contributed by atoms with Crippen molar-refractivity contribution in [3.63, 3.8) is 0 Å². The number of carbonyl (C=O) groups is 2. The first-order valence-corrected chi connectivity index (χ1v) is 7.17. The molecule has 5 heteroatoms. The highest BCUT2D eigenvalue weighted by Crippen LogP contribution is 2.32. The maximum atomic E-state index is 11.9. The molecule has 1 unspecified atom stereocenters. The van der Waals surface area contributed by atoms with Crippen molar-refractivity contribution < 1.29 is 14.7 Å². The van der Waals surface area contributed by atoms with Gasteiger partial charge in [0.1, 0.15) is 5.54 Å². The summed E-state index contributed by atoms with van der Waals surface area (Å²) in [6, 6.07) is 0. The van der Waals surface area contributed by atoms with E-state index in [0.29, 0.717) is 31.8 Å². The SMILES string of the molecule is CCC1(C(=O)O)CCCN1CC(=O)NCCC(C)C. The van der Waals surface area contributed by atoms with Crippen LogP contribution >= 0.6 is 0 Å². The fourth-order valence-electron chi connectivity index (χ4n) is 2.69. The highest BCUT2D eigenvalue weighted by Gasteiger charge is 2.46. The molecule has 0 saturated carbocycles. The third-order valence-corrected chi connectivity index (χ3v) is 3.99. The molecule has 1 fully saturated rings. The van der Waals surface area contributed by atoms with E-state index in [1.54, 1.807) is 0 Å². The highest BCUT2D eigenvalue weighted by molar-refractivity contribution is 5.82. The third-order valence-electron chi connectivity index (χ3n) is 3.99. The second kappa shape index (κ2) is 6.89. The lowest BCUT2D eigenvalue weighted by Crippen LogP contribution is -2.53. The zero-order chi connectivity index (χ0) is 14.5. The number of nitrogens with one attached hydrogen (secondary N) is 1. The van der Waals surface area contributed by atoms with E-state index in [9.17, 15) is 14.7 Å². The molecule has 0 spiro atoms. The Hall–Kier alpha value is -1.10. The van der Waals surface area contributed by atoms with E-state index in [1.165, 1.54) is 0 Å². The Morgan fingerprint density at radius 3 is 2.63 bits per heavy atom. The van der Waals surface area contributed by atoms with Gasteiger partial charge in [0.25, 0.3) is 0 Å². The first-order valence-electron chi connectivity index (χ1n) is 7.17. The minimum absolute atomic E-state index is 0.0679. The second-order valence-electron chi connectivity index (χ2n) is 5.75. The van der Waals surface area contributed by atoms with Gasteiger partial charge in [0.2, 0.25) is 5.91 Å². The number of hydrogen-bond acceptors (Lipinski definition) is 3. The van der Waals surface area contributed by atoms with Gasteiger partial charge in [-0.1, -0.05) is 20.8 Å². The van der Waals surface area contributed by atoms with Crippen LogP contribution in [0.4, 0.5) is 0 Å². The molecule has 1 saturated heterocycles. The van der Waals surface area contributed by atoms with E-state index in [-0.39, 0.29) is 12.5 Å². The van der Waals surface area contributed by atoms with Crippen molar-refractivity contribution in [3.05, 3.63) is 0 Å². The number of likely N-dealkylation sites (tertiary alicyclic amines) is 1. The summed E-state index contributed by atoms with van der Waals surface area (Å²) in [5, 5.41) is 12.3. The minimum atomic E-state index is -0.838. The molecule has 1 rings (SSSR count). The number of nitrogens with zero attached hydrogens (tertiary/aromatic N) is 1.